The van der Waals surface area contributed by atoms with Gasteiger partial charge in [0, 0.05) is 12.2 Å². The lowest BCUT2D eigenvalue weighted by atomic mass is 10.1. The van der Waals surface area contributed by atoms with Gasteiger partial charge in [-0.05, 0) is 42.9 Å². The number of carbonyl (C=O) groups excluding carboxylic acids is 2. The van der Waals surface area contributed by atoms with Crippen molar-refractivity contribution in [3.05, 3.63) is 70.8 Å². The highest BCUT2D eigenvalue weighted by Crippen LogP contribution is 2.11. The number of thioether (sulfide) groups is 1. The number of benzene rings is 2. The number of hydrogen-bond donors (Lipinski definition) is 1. The van der Waals surface area contributed by atoms with Crippen LogP contribution in [0.3, 0.4) is 0 Å². The largest absolute Gasteiger partial charge is 0.460 e. The third-order valence-corrected chi connectivity index (χ3v) is 4.54. The SMILES string of the molecule is CSCc1ccc(C(=O)OCCNC(=O)CCc2ccc(C)cc2)cc1. The molecule has 0 radical (unpaired) electrons. The summed E-state index contributed by atoms with van der Waals surface area (Å²) in [4.78, 5) is 23.8. The van der Waals surface area contributed by atoms with Crippen molar-refractivity contribution in [3.63, 3.8) is 0 Å². The number of ether oxygens (including phenoxy) is 1. The van der Waals surface area contributed by atoms with Gasteiger partial charge in [-0.15, -0.1) is 0 Å². The second-order valence-corrected chi connectivity index (χ2v) is 6.97. The Bertz CT molecular complexity index is 711. The number of carbonyl (C=O) groups is 2. The Kier molecular flexibility index (Phi) is 8.22. The van der Waals surface area contributed by atoms with Crippen LogP contribution in [0.5, 0.6) is 0 Å². The maximum Gasteiger partial charge on any atom is 0.338 e. The van der Waals surface area contributed by atoms with Crippen molar-refractivity contribution in [2.75, 3.05) is 19.4 Å². The highest BCUT2D eigenvalue weighted by atomic mass is 32.2. The van der Waals surface area contributed by atoms with Gasteiger partial charge in [-0.3, -0.25) is 4.79 Å². The normalized spacial score (nSPS) is 10.4. The lowest BCUT2D eigenvalue weighted by Crippen LogP contribution is -2.28. The van der Waals surface area contributed by atoms with E-state index in [1.807, 2.05) is 49.6 Å². The van der Waals surface area contributed by atoms with E-state index in [9.17, 15) is 9.59 Å². The number of amides is 1. The lowest BCUT2D eigenvalue weighted by molar-refractivity contribution is -0.121. The van der Waals surface area contributed by atoms with Gasteiger partial charge in [-0.1, -0.05) is 42.0 Å². The molecule has 0 fully saturated rings. The molecule has 1 N–H and O–H groups in total. The fourth-order valence-electron chi connectivity index (χ4n) is 2.42. The van der Waals surface area contributed by atoms with E-state index in [1.165, 1.54) is 11.1 Å². The van der Waals surface area contributed by atoms with Crippen molar-refractivity contribution in [3.8, 4) is 0 Å². The fraction of sp³-hybridized carbons (Fsp3) is 0.333. The van der Waals surface area contributed by atoms with E-state index >= 15 is 0 Å². The molecule has 138 valence electrons. The van der Waals surface area contributed by atoms with E-state index in [-0.39, 0.29) is 18.5 Å². The first kappa shape index (κ1) is 20.0. The van der Waals surface area contributed by atoms with Gasteiger partial charge in [0.15, 0.2) is 0 Å². The van der Waals surface area contributed by atoms with Gasteiger partial charge < -0.3 is 10.1 Å². The Hall–Kier alpha value is -2.27. The smallest absolute Gasteiger partial charge is 0.338 e. The second kappa shape index (κ2) is 10.7. The third kappa shape index (κ3) is 6.92. The molecule has 0 heterocycles. The molecule has 1 amide bonds. The summed E-state index contributed by atoms with van der Waals surface area (Å²) in [7, 11) is 0. The first-order valence-electron chi connectivity index (χ1n) is 8.65. The average Bonchev–Trinajstić information content (AvgIpc) is 2.65. The monoisotopic (exact) mass is 371 g/mol. The van der Waals surface area contributed by atoms with Crippen molar-refractivity contribution in [1.82, 2.24) is 5.32 Å². The number of aryl methyl sites for hydroxylation is 2. The zero-order chi connectivity index (χ0) is 18.8. The Balaban J connectivity index is 1.63. The van der Waals surface area contributed by atoms with Crippen LogP contribution in [0.25, 0.3) is 0 Å². The van der Waals surface area contributed by atoms with Gasteiger partial charge in [-0.2, -0.15) is 11.8 Å². The summed E-state index contributed by atoms with van der Waals surface area (Å²) < 4.78 is 5.20. The first-order chi connectivity index (χ1) is 12.6. The average molecular weight is 372 g/mol. The van der Waals surface area contributed by atoms with E-state index < -0.39 is 0 Å². The zero-order valence-electron chi connectivity index (χ0n) is 15.3. The van der Waals surface area contributed by atoms with Crippen LogP contribution in [-0.2, 0) is 21.7 Å². The zero-order valence-corrected chi connectivity index (χ0v) is 16.1. The topological polar surface area (TPSA) is 55.4 Å². The van der Waals surface area contributed by atoms with Crippen LogP contribution in [-0.4, -0.2) is 31.3 Å². The summed E-state index contributed by atoms with van der Waals surface area (Å²) in [6.07, 6.45) is 3.17. The predicted octanol–water partition coefficient (Wildman–Crippen LogP) is 3.76. The standard InChI is InChI=1S/C21H25NO3S/c1-16-3-5-17(6-4-16)9-12-20(23)22-13-14-25-21(24)19-10-7-18(8-11-19)15-26-2/h3-8,10-11H,9,12-15H2,1-2H3,(H,22,23). The first-order valence-corrected chi connectivity index (χ1v) is 10.0. The molecule has 0 unspecified atom stereocenters. The summed E-state index contributed by atoms with van der Waals surface area (Å²) in [5.74, 6) is 0.516. The Morgan fingerprint density at radius 1 is 1.00 bits per heavy atom. The molecule has 2 aromatic rings. The van der Waals surface area contributed by atoms with E-state index in [1.54, 1.807) is 23.9 Å². The molecule has 0 spiro atoms. The number of nitrogens with one attached hydrogen (secondary N) is 1. The van der Waals surface area contributed by atoms with Crippen LogP contribution in [0.15, 0.2) is 48.5 Å². The van der Waals surface area contributed by atoms with Crippen LogP contribution in [0.1, 0.15) is 33.5 Å². The Labute approximate surface area is 159 Å². The van der Waals surface area contributed by atoms with E-state index in [0.717, 1.165) is 11.3 Å². The number of hydrogen-bond acceptors (Lipinski definition) is 4. The Morgan fingerprint density at radius 3 is 2.31 bits per heavy atom. The molecule has 0 atom stereocenters. The van der Waals surface area contributed by atoms with Crippen molar-refractivity contribution in [2.24, 2.45) is 0 Å². The molecule has 0 aliphatic heterocycles. The minimum absolute atomic E-state index is 0.0388. The number of rotatable bonds is 9. The van der Waals surface area contributed by atoms with Crippen molar-refractivity contribution >= 4 is 23.6 Å². The van der Waals surface area contributed by atoms with Crippen LogP contribution in [0.2, 0.25) is 0 Å². The highest BCUT2D eigenvalue weighted by Gasteiger charge is 2.07. The van der Waals surface area contributed by atoms with Crippen molar-refractivity contribution in [1.29, 1.82) is 0 Å². The second-order valence-electron chi connectivity index (χ2n) is 6.10. The maximum atomic E-state index is 12.0. The molecule has 0 aliphatic carbocycles. The van der Waals surface area contributed by atoms with Gasteiger partial charge in [0.05, 0.1) is 12.1 Å². The molecule has 0 aromatic heterocycles. The molecule has 5 heteroatoms. The minimum Gasteiger partial charge on any atom is -0.460 e. The predicted molar refractivity (Wildman–Crippen MR) is 106 cm³/mol. The summed E-state index contributed by atoms with van der Waals surface area (Å²) in [6, 6.07) is 15.6. The summed E-state index contributed by atoms with van der Waals surface area (Å²) in [5, 5.41) is 2.78. The van der Waals surface area contributed by atoms with Gasteiger partial charge in [0.1, 0.15) is 6.61 Å². The van der Waals surface area contributed by atoms with Crippen LogP contribution >= 0.6 is 11.8 Å². The van der Waals surface area contributed by atoms with E-state index in [2.05, 4.69) is 5.32 Å². The summed E-state index contributed by atoms with van der Waals surface area (Å²) >= 11 is 1.74. The van der Waals surface area contributed by atoms with Gasteiger partial charge in [-0.25, -0.2) is 4.79 Å². The molecule has 2 rings (SSSR count). The maximum absolute atomic E-state index is 12.0. The minimum atomic E-state index is -0.366. The van der Waals surface area contributed by atoms with Crippen molar-refractivity contribution in [2.45, 2.75) is 25.5 Å². The van der Waals surface area contributed by atoms with Gasteiger partial charge in [0.2, 0.25) is 5.91 Å². The summed E-state index contributed by atoms with van der Waals surface area (Å²) in [5.41, 5.74) is 4.05. The molecular formula is C21H25NO3S. The molecule has 4 nitrogen and oxygen atoms in total. The molecule has 0 saturated carbocycles. The molecule has 0 saturated heterocycles. The van der Waals surface area contributed by atoms with E-state index in [4.69, 9.17) is 4.74 Å². The molecular weight excluding hydrogens is 346 g/mol. The van der Waals surface area contributed by atoms with Crippen LogP contribution < -0.4 is 5.32 Å². The summed E-state index contributed by atoms with van der Waals surface area (Å²) in [6.45, 7) is 2.53. The highest BCUT2D eigenvalue weighted by molar-refractivity contribution is 7.97. The molecule has 2 aromatic carbocycles. The fourth-order valence-corrected chi connectivity index (χ4v) is 2.95. The van der Waals surface area contributed by atoms with E-state index in [0.29, 0.717) is 24.9 Å². The Morgan fingerprint density at radius 2 is 1.65 bits per heavy atom. The lowest BCUT2D eigenvalue weighted by Gasteiger charge is -2.08. The third-order valence-electron chi connectivity index (χ3n) is 3.92. The quantitative estimate of drug-likeness (QED) is 0.539. The molecule has 0 bridgehead atoms. The van der Waals surface area contributed by atoms with Crippen LogP contribution in [0, 0.1) is 6.92 Å². The number of esters is 1. The molecule has 0 aliphatic rings. The van der Waals surface area contributed by atoms with Gasteiger partial charge in [0.25, 0.3) is 0 Å². The van der Waals surface area contributed by atoms with Crippen LogP contribution in [0.4, 0.5) is 0 Å². The van der Waals surface area contributed by atoms with Gasteiger partial charge >= 0.3 is 5.97 Å². The van der Waals surface area contributed by atoms with Crippen molar-refractivity contribution < 1.29 is 14.3 Å². The molecule has 26 heavy (non-hydrogen) atoms.